The largest absolute Gasteiger partial charge is 0.445 e. The van der Waals surface area contributed by atoms with Crippen LogP contribution in [0.3, 0.4) is 0 Å². The summed E-state index contributed by atoms with van der Waals surface area (Å²) in [5, 5.41) is 8.34. The monoisotopic (exact) mass is 377 g/mol. The maximum absolute atomic E-state index is 12.5. The molecule has 1 amide bonds. The van der Waals surface area contributed by atoms with Gasteiger partial charge in [-0.1, -0.05) is 60.7 Å². The van der Waals surface area contributed by atoms with Crippen LogP contribution >= 0.6 is 0 Å². The number of hydrogen-bond donors (Lipinski definition) is 0. The number of likely N-dealkylation sites (tertiary alicyclic amines) is 1. The van der Waals surface area contributed by atoms with E-state index in [0.717, 1.165) is 11.1 Å². The zero-order valence-electron chi connectivity index (χ0n) is 15.9. The normalized spacial score (nSPS) is 16.0. The summed E-state index contributed by atoms with van der Waals surface area (Å²) in [6.07, 6.45) is 1.13. The Labute approximate surface area is 164 Å². The van der Waals surface area contributed by atoms with Gasteiger partial charge in [0.1, 0.15) is 6.61 Å². The number of rotatable bonds is 4. The molecule has 0 N–H and O–H groups in total. The first-order valence-electron chi connectivity index (χ1n) is 9.49. The van der Waals surface area contributed by atoms with Crippen LogP contribution in [-0.2, 0) is 16.8 Å². The number of carbonyl (C=O) groups is 1. The van der Waals surface area contributed by atoms with E-state index in [1.807, 2.05) is 48.5 Å². The molecule has 0 aliphatic carbocycles. The van der Waals surface area contributed by atoms with Crippen molar-refractivity contribution in [1.29, 1.82) is 0 Å². The maximum atomic E-state index is 12.5. The van der Waals surface area contributed by atoms with Gasteiger partial charge in [-0.2, -0.15) is 0 Å². The quantitative estimate of drug-likeness (QED) is 0.685. The molecule has 0 unspecified atom stereocenters. The number of nitrogens with zero attached hydrogens (tertiary/aromatic N) is 3. The lowest BCUT2D eigenvalue weighted by atomic mass is 9.72. The van der Waals surface area contributed by atoms with Crippen LogP contribution in [0, 0.1) is 6.92 Å². The van der Waals surface area contributed by atoms with Crippen molar-refractivity contribution in [2.45, 2.75) is 31.8 Å². The minimum Gasteiger partial charge on any atom is -0.445 e. The van der Waals surface area contributed by atoms with Gasteiger partial charge in [0, 0.05) is 20.0 Å². The second kappa shape index (κ2) is 7.84. The van der Waals surface area contributed by atoms with E-state index in [9.17, 15) is 4.79 Å². The summed E-state index contributed by atoms with van der Waals surface area (Å²) < 4.78 is 11.3. The van der Waals surface area contributed by atoms with Crippen molar-refractivity contribution in [1.82, 2.24) is 15.1 Å². The van der Waals surface area contributed by atoms with E-state index in [2.05, 4.69) is 22.3 Å². The summed E-state index contributed by atoms with van der Waals surface area (Å²) in [4.78, 5) is 14.3. The highest BCUT2D eigenvalue weighted by atomic mass is 16.6. The van der Waals surface area contributed by atoms with Crippen molar-refractivity contribution in [3.05, 3.63) is 83.6 Å². The molecular formula is C22H23N3O3. The third kappa shape index (κ3) is 3.63. The van der Waals surface area contributed by atoms with Crippen molar-refractivity contribution in [3.63, 3.8) is 0 Å². The molecule has 1 fully saturated rings. The molecule has 28 heavy (non-hydrogen) atoms. The van der Waals surface area contributed by atoms with Crippen molar-refractivity contribution in [2.24, 2.45) is 0 Å². The Hall–Kier alpha value is -3.15. The van der Waals surface area contributed by atoms with Crippen molar-refractivity contribution in [2.75, 3.05) is 13.1 Å². The van der Waals surface area contributed by atoms with Crippen LogP contribution in [0.1, 0.15) is 35.7 Å². The first kappa shape index (κ1) is 18.2. The summed E-state index contributed by atoms with van der Waals surface area (Å²) >= 11 is 0. The Bertz CT molecular complexity index is 916. The zero-order chi connectivity index (χ0) is 19.4. The van der Waals surface area contributed by atoms with Crippen molar-refractivity contribution < 1.29 is 13.9 Å². The number of aromatic nitrogens is 2. The fourth-order valence-electron chi connectivity index (χ4n) is 3.75. The van der Waals surface area contributed by atoms with Crippen LogP contribution in [0.25, 0.3) is 0 Å². The molecule has 6 heteroatoms. The number of benzene rings is 2. The van der Waals surface area contributed by atoms with Gasteiger partial charge in [-0.3, -0.25) is 0 Å². The molecule has 4 rings (SSSR count). The summed E-state index contributed by atoms with van der Waals surface area (Å²) in [5.74, 6) is 1.17. The van der Waals surface area contributed by atoms with Crippen LogP contribution in [0.5, 0.6) is 0 Å². The summed E-state index contributed by atoms with van der Waals surface area (Å²) in [7, 11) is 0. The predicted molar refractivity (Wildman–Crippen MR) is 104 cm³/mol. The van der Waals surface area contributed by atoms with E-state index in [1.165, 1.54) is 0 Å². The number of piperidine rings is 1. The Morgan fingerprint density at radius 3 is 2.29 bits per heavy atom. The molecule has 2 aromatic carbocycles. The molecule has 1 saturated heterocycles. The zero-order valence-corrected chi connectivity index (χ0v) is 15.9. The van der Waals surface area contributed by atoms with Crippen LogP contribution < -0.4 is 0 Å². The summed E-state index contributed by atoms with van der Waals surface area (Å²) in [6, 6.07) is 19.9. The third-order valence-electron chi connectivity index (χ3n) is 5.34. The Kier molecular flexibility index (Phi) is 5.10. The second-order valence-corrected chi connectivity index (χ2v) is 7.10. The summed E-state index contributed by atoms with van der Waals surface area (Å²) in [5.41, 5.74) is 1.74. The van der Waals surface area contributed by atoms with Gasteiger partial charge in [-0.05, 0) is 24.0 Å². The molecule has 2 heterocycles. The molecule has 0 spiro atoms. The molecule has 0 radical (unpaired) electrons. The molecule has 1 aliphatic heterocycles. The van der Waals surface area contributed by atoms with Gasteiger partial charge in [0.25, 0.3) is 0 Å². The average molecular weight is 377 g/mol. The van der Waals surface area contributed by atoms with Crippen molar-refractivity contribution in [3.8, 4) is 0 Å². The van der Waals surface area contributed by atoms with Gasteiger partial charge in [-0.15, -0.1) is 10.2 Å². The fraction of sp³-hybridized carbons (Fsp3) is 0.318. The van der Waals surface area contributed by atoms with E-state index in [1.54, 1.807) is 11.8 Å². The Balaban J connectivity index is 1.47. The highest BCUT2D eigenvalue weighted by Gasteiger charge is 2.43. The number of amides is 1. The molecule has 0 saturated carbocycles. The number of aryl methyl sites for hydroxylation is 1. The number of carbonyl (C=O) groups excluding carboxylic acids is 1. The second-order valence-electron chi connectivity index (χ2n) is 7.10. The van der Waals surface area contributed by atoms with Crippen LogP contribution in [0.4, 0.5) is 4.79 Å². The minimum atomic E-state index is -0.376. The van der Waals surface area contributed by atoms with E-state index < -0.39 is 0 Å². The van der Waals surface area contributed by atoms with Gasteiger partial charge in [0.2, 0.25) is 11.8 Å². The third-order valence-corrected chi connectivity index (χ3v) is 5.34. The standard InChI is InChI=1S/C22H23N3O3/c1-17-23-24-20(28-17)22(19-10-6-3-7-11-19)12-14-25(15-13-22)21(26)27-16-18-8-4-2-5-9-18/h2-11H,12-16H2,1H3. The summed E-state index contributed by atoms with van der Waals surface area (Å²) in [6.45, 7) is 3.22. The van der Waals surface area contributed by atoms with Crippen LogP contribution in [-0.4, -0.2) is 34.3 Å². The van der Waals surface area contributed by atoms with Crippen molar-refractivity contribution >= 4 is 6.09 Å². The van der Waals surface area contributed by atoms with Gasteiger partial charge < -0.3 is 14.1 Å². The molecule has 6 nitrogen and oxygen atoms in total. The van der Waals surface area contributed by atoms with Crippen LogP contribution in [0.2, 0.25) is 0 Å². The lowest BCUT2D eigenvalue weighted by Crippen LogP contribution is -2.46. The van der Waals surface area contributed by atoms with Gasteiger partial charge in [0.05, 0.1) is 5.41 Å². The van der Waals surface area contributed by atoms with Gasteiger partial charge in [-0.25, -0.2) is 4.79 Å². The van der Waals surface area contributed by atoms with E-state index in [0.29, 0.717) is 37.7 Å². The topological polar surface area (TPSA) is 68.5 Å². The molecular weight excluding hydrogens is 354 g/mol. The van der Waals surface area contributed by atoms with Crippen LogP contribution in [0.15, 0.2) is 65.1 Å². The smallest absolute Gasteiger partial charge is 0.410 e. The molecule has 0 bridgehead atoms. The molecule has 3 aromatic rings. The van der Waals surface area contributed by atoms with Gasteiger partial charge >= 0.3 is 6.09 Å². The van der Waals surface area contributed by atoms with E-state index >= 15 is 0 Å². The lowest BCUT2D eigenvalue weighted by Gasteiger charge is -2.39. The predicted octanol–water partition coefficient (Wildman–Crippen LogP) is 4.10. The fourth-order valence-corrected chi connectivity index (χ4v) is 3.75. The maximum Gasteiger partial charge on any atom is 0.410 e. The van der Waals surface area contributed by atoms with E-state index in [4.69, 9.17) is 9.15 Å². The SMILES string of the molecule is Cc1nnc(C2(c3ccccc3)CCN(C(=O)OCc3ccccc3)CC2)o1. The highest BCUT2D eigenvalue weighted by molar-refractivity contribution is 5.68. The number of hydrogen-bond acceptors (Lipinski definition) is 5. The molecule has 0 atom stereocenters. The average Bonchev–Trinajstić information content (AvgIpc) is 3.20. The molecule has 1 aromatic heterocycles. The lowest BCUT2D eigenvalue weighted by molar-refractivity contribution is 0.0783. The van der Waals surface area contributed by atoms with Gasteiger partial charge in [0.15, 0.2) is 0 Å². The molecule has 144 valence electrons. The first-order valence-corrected chi connectivity index (χ1v) is 9.49. The number of ether oxygens (including phenoxy) is 1. The molecule has 1 aliphatic rings. The first-order chi connectivity index (χ1) is 13.7. The minimum absolute atomic E-state index is 0.281. The highest BCUT2D eigenvalue weighted by Crippen LogP contribution is 2.41. The Morgan fingerprint density at radius 2 is 1.68 bits per heavy atom. The Morgan fingerprint density at radius 1 is 1.04 bits per heavy atom. The van der Waals surface area contributed by atoms with E-state index in [-0.39, 0.29) is 18.1 Å².